The first kappa shape index (κ1) is 19.4. The molecule has 0 spiro atoms. The summed E-state index contributed by atoms with van der Waals surface area (Å²) >= 11 is 9.28. The predicted molar refractivity (Wildman–Crippen MR) is 117 cm³/mol. The molecule has 1 fully saturated rings. The number of hydrogen-bond acceptors (Lipinski definition) is 5. The molecule has 2 aliphatic rings. The number of thioether (sulfide) groups is 2. The van der Waals surface area contributed by atoms with Crippen LogP contribution in [0.3, 0.4) is 0 Å². The number of para-hydroxylation sites is 1. The molecule has 5 nitrogen and oxygen atoms in total. The maximum absolute atomic E-state index is 13.2. The third kappa shape index (κ3) is 3.92. The van der Waals surface area contributed by atoms with Gasteiger partial charge in [0.05, 0.1) is 21.6 Å². The fourth-order valence-corrected chi connectivity index (χ4v) is 5.04. The van der Waals surface area contributed by atoms with Crippen molar-refractivity contribution >= 4 is 63.5 Å². The largest absolute Gasteiger partial charge is 0.324 e. The van der Waals surface area contributed by atoms with Crippen LogP contribution in [0.5, 0.6) is 0 Å². The first-order valence-electron chi connectivity index (χ1n) is 8.92. The van der Waals surface area contributed by atoms with E-state index >= 15 is 0 Å². The van der Waals surface area contributed by atoms with Crippen LogP contribution in [0, 0.1) is 0 Å². The van der Waals surface area contributed by atoms with Gasteiger partial charge in [0.15, 0.2) is 5.17 Å². The van der Waals surface area contributed by atoms with Gasteiger partial charge in [0, 0.05) is 22.8 Å². The van der Waals surface area contributed by atoms with Crippen molar-refractivity contribution in [3.8, 4) is 0 Å². The third-order valence-corrected chi connectivity index (χ3v) is 7.02. The van der Waals surface area contributed by atoms with Gasteiger partial charge in [0.2, 0.25) is 5.91 Å². The average Bonchev–Trinajstić information content (AvgIpc) is 2.70. The van der Waals surface area contributed by atoms with E-state index in [9.17, 15) is 9.59 Å². The monoisotopic (exact) mass is 431 g/mol. The molecule has 0 bridgehead atoms. The van der Waals surface area contributed by atoms with Gasteiger partial charge in [-0.3, -0.25) is 14.5 Å². The lowest BCUT2D eigenvalue weighted by Crippen LogP contribution is -2.39. The van der Waals surface area contributed by atoms with E-state index in [2.05, 4.69) is 10.3 Å². The van der Waals surface area contributed by atoms with Crippen LogP contribution in [-0.2, 0) is 4.79 Å². The van der Waals surface area contributed by atoms with E-state index in [4.69, 9.17) is 11.6 Å². The van der Waals surface area contributed by atoms with Gasteiger partial charge in [0.25, 0.3) is 5.91 Å². The fourth-order valence-electron chi connectivity index (χ4n) is 2.98. The summed E-state index contributed by atoms with van der Waals surface area (Å²) in [6.45, 7) is 2.47. The molecule has 2 aromatic carbocycles. The van der Waals surface area contributed by atoms with Gasteiger partial charge in [-0.15, -0.1) is 11.8 Å². The Labute approximate surface area is 176 Å². The molecule has 144 valence electrons. The predicted octanol–water partition coefficient (Wildman–Crippen LogP) is 5.04. The van der Waals surface area contributed by atoms with Crippen LogP contribution in [0.4, 0.5) is 11.4 Å². The second-order valence-corrected chi connectivity index (χ2v) is 9.32. The molecule has 0 saturated carbocycles. The summed E-state index contributed by atoms with van der Waals surface area (Å²) in [6.07, 6.45) is 0.896. The van der Waals surface area contributed by atoms with Crippen molar-refractivity contribution in [1.82, 2.24) is 4.90 Å². The summed E-state index contributed by atoms with van der Waals surface area (Å²) in [4.78, 5) is 32.5. The molecule has 0 radical (unpaired) electrons. The van der Waals surface area contributed by atoms with Crippen molar-refractivity contribution in [3.05, 3.63) is 53.1 Å². The number of rotatable bonds is 2. The minimum absolute atomic E-state index is 0.0448. The van der Waals surface area contributed by atoms with Crippen molar-refractivity contribution in [2.24, 2.45) is 4.99 Å². The van der Waals surface area contributed by atoms with Crippen LogP contribution in [0.2, 0.25) is 5.02 Å². The van der Waals surface area contributed by atoms with Crippen LogP contribution in [0.1, 0.15) is 23.7 Å². The maximum atomic E-state index is 13.2. The van der Waals surface area contributed by atoms with Crippen molar-refractivity contribution in [3.63, 3.8) is 0 Å². The number of carbonyl (C=O) groups excluding carboxylic acids is 2. The molecule has 1 N–H and O–H groups in total. The van der Waals surface area contributed by atoms with E-state index in [1.807, 2.05) is 37.3 Å². The molecule has 2 heterocycles. The Morgan fingerprint density at radius 3 is 2.93 bits per heavy atom. The zero-order valence-corrected chi connectivity index (χ0v) is 17.5. The highest BCUT2D eigenvalue weighted by atomic mass is 35.5. The summed E-state index contributed by atoms with van der Waals surface area (Å²) in [5.41, 5.74) is 1.87. The molecule has 2 aliphatic heterocycles. The van der Waals surface area contributed by atoms with Crippen molar-refractivity contribution in [2.45, 2.75) is 23.5 Å². The van der Waals surface area contributed by atoms with E-state index in [1.54, 1.807) is 28.8 Å². The standard InChI is InChI=1S/C20H18ClN3O2S2/c1-12-18(25)22-16-11-13(7-8-17(16)28-12)19(26)24-9-4-10-27-20(24)23-15-6-3-2-5-14(15)21/h2-3,5-8,11-12H,4,9-10H2,1H3,(H,22,25)/t12-/m1/s1. The zero-order valence-electron chi connectivity index (χ0n) is 15.1. The van der Waals surface area contributed by atoms with E-state index in [1.165, 1.54) is 11.8 Å². The number of aliphatic imine (C=N–C) groups is 1. The highest BCUT2D eigenvalue weighted by Gasteiger charge is 2.28. The minimum atomic E-state index is -0.137. The van der Waals surface area contributed by atoms with E-state index in [0.717, 1.165) is 17.1 Å². The summed E-state index contributed by atoms with van der Waals surface area (Å²) in [5, 5.41) is 3.95. The van der Waals surface area contributed by atoms with Crippen LogP contribution in [0.15, 0.2) is 52.4 Å². The molecule has 1 atom stereocenters. The molecular formula is C20H18ClN3O2S2. The molecule has 8 heteroatoms. The van der Waals surface area contributed by atoms with Crippen LogP contribution in [-0.4, -0.2) is 39.4 Å². The minimum Gasteiger partial charge on any atom is -0.324 e. The molecule has 28 heavy (non-hydrogen) atoms. The van der Waals surface area contributed by atoms with Gasteiger partial charge in [0.1, 0.15) is 0 Å². The number of fused-ring (bicyclic) bond motifs is 1. The zero-order chi connectivity index (χ0) is 19.7. The first-order valence-corrected chi connectivity index (χ1v) is 11.2. The Bertz CT molecular complexity index is 980. The van der Waals surface area contributed by atoms with Crippen LogP contribution < -0.4 is 5.32 Å². The van der Waals surface area contributed by atoms with E-state index in [0.29, 0.717) is 33.7 Å². The maximum Gasteiger partial charge on any atom is 0.259 e. The number of anilines is 1. The number of amidine groups is 1. The molecule has 0 aromatic heterocycles. The summed E-state index contributed by atoms with van der Waals surface area (Å²) < 4.78 is 0. The van der Waals surface area contributed by atoms with Crippen LogP contribution >= 0.6 is 35.1 Å². The highest BCUT2D eigenvalue weighted by molar-refractivity contribution is 8.13. The topological polar surface area (TPSA) is 61.8 Å². The molecule has 1 saturated heterocycles. The Balaban J connectivity index is 1.64. The van der Waals surface area contributed by atoms with Crippen molar-refractivity contribution in [1.29, 1.82) is 0 Å². The number of benzene rings is 2. The second kappa shape index (κ2) is 8.19. The third-order valence-electron chi connectivity index (χ3n) is 4.46. The van der Waals surface area contributed by atoms with Crippen molar-refractivity contribution in [2.75, 3.05) is 17.6 Å². The molecular weight excluding hydrogens is 414 g/mol. The van der Waals surface area contributed by atoms with Gasteiger partial charge < -0.3 is 5.32 Å². The number of halogens is 1. The molecule has 0 unspecified atom stereocenters. The van der Waals surface area contributed by atoms with Gasteiger partial charge in [-0.25, -0.2) is 4.99 Å². The smallest absolute Gasteiger partial charge is 0.259 e. The second-order valence-electron chi connectivity index (χ2n) is 6.46. The van der Waals surface area contributed by atoms with E-state index in [-0.39, 0.29) is 17.1 Å². The highest BCUT2D eigenvalue weighted by Crippen LogP contribution is 2.36. The molecule has 4 rings (SSSR count). The summed E-state index contributed by atoms with van der Waals surface area (Å²) in [5.74, 6) is 0.734. The van der Waals surface area contributed by atoms with Gasteiger partial charge in [-0.1, -0.05) is 35.5 Å². The lowest BCUT2D eigenvalue weighted by atomic mass is 10.1. The number of carbonyl (C=O) groups is 2. The number of nitrogens with one attached hydrogen (secondary N) is 1. The lowest BCUT2D eigenvalue weighted by molar-refractivity contribution is -0.115. The molecule has 2 aromatic rings. The normalized spacial score (nSPS) is 20.6. The summed E-state index contributed by atoms with van der Waals surface area (Å²) in [7, 11) is 0. The first-order chi connectivity index (χ1) is 13.5. The number of hydrogen-bond donors (Lipinski definition) is 1. The fraction of sp³-hybridized carbons (Fsp3) is 0.250. The van der Waals surface area contributed by atoms with Gasteiger partial charge in [-0.05, 0) is 43.7 Å². The molecule has 2 amide bonds. The average molecular weight is 432 g/mol. The van der Waals surface area contributed by atoms with Crippen molar-refractivity contribution < 1.29 is 9.59 Å². The number of nitrogens with zero attached hydrogens (tertiary/aromatic N) is 2. The van der Waals surface area contributed by atoms with Gasteiger partial charge >= 0.3 is 0 Å². The Morgan fingerprint density at radius 2 is 2.11 bits per heavy atom. The Hall–Kier alpha value is -1.96. The number of amides is 2. The van der Waals surface area contributed by atoms with Crippen LogP contribution in [0.25, 0.3) is 0 Å². The quantitative estimate of drug-likeness (QED) is 0.723. The Kier molecular flexibility index (Phi) is 5.66. The lowest BCUT2D eigenvalue weighted by Gasteiger charge is -2.28. The van der Waals surface area contributed by atoms with Gasteiger partial charge in [-0.2, -0.15) is 0 Å². The van der Waals surface area contributed by atoms with E-state index < -0.39 is 0 Å². The molecule has 0 aliphatic carbocycles. The summed E-state index contributed by atoms with van der Waals surface area (Å²) in [6, 6.07) is 12.8. The Morgan fingerprint density at radius 1 is 1.29 bits per heavy atom. The SMILES string of the molecule is C[C@H]1Sc2ccc(C(=O)N3CCCSC3=Nc3ccccc3Cl)cc2NC1=O.